The number of rotatable bonds is 1. The molecule has 0 aromatic heterocycles. The molecule has 0 aliphatic heterocycles. The fraction of sp³-hybridized carbons (Fsp3) is 0.905. The highest BCUT2D eigenvalue weighted by Crippen LogP contribution is 2.68. The second kappa shape index (κ2) is 5.08. The predicted octanol–water partition coefficient (Wildman–Crippen LogP) is 4.45. The van der Waals surface area contributed by atoms with Gasteiger partial charge in [-0.1, -0.05) is 38.8 Å². The Kier molecular flexibility index (Phi) is 3.57. The van der Waals surface area contributed by atoms with Crippen LogP contribution < -0.4 is 0 Å². The quantitative estimate of drug-likeness (QED) is 0.701. The van der Waals surface area contributed by atoms with Crippen molar-refractivity contribution in [2.24, 2.45) is 28.6 Å². The largest absolute Gasteiger partial charge is 0.390 e. The average Bonchev–Trinajstić information content (AvgIpc) is 2.84. The molecule has 0 saturated heterocycles. The summed E-state index contributed by atoms with van der Waals surface area (Å²) in [5.74, 6) is 1.61. The summed E-state index contributed by atoms with van der Waals surface area (Å²) in [6.45, 7) is 6.97. The number of fused-ring (bicyclic) bond motifs is 5. The van der Waals surface area contributed by atoms with Crippen molar-refractivity contribution in [3.8, 4) is 0 Å². The zero-order valence-corrected chi connectivity index (χ0v) is 15.1. The molecule has 0 unspecified atom stereocenters. The molecule has 2 heteroatoms. The number of allylic oxidation sites excluding steroid dienone is 1. The van der Waals surface area contributed by atoms with E-state index < -0.39 is 11.7 Å². The molecular weight excluding hydrogens is 284 g/mol. The van der Waals surface area contributed by atoms with Gasteiger partial charge in [0, 0.05) is 5.41 Å². The van der Waals surface area contributed by atoms with Gasteiger partial charge in [-0.25, -0.2) is 0 Å². The Balaban J connectivity index is 1.78. The third kappa shape index (κ3) is 1.83. The minimum atomic E-state index is -0.899. The van der Waals surface area contributed by atoms with E-state index in [0.29, 0.717) is 5.92 Å². The van der Waals surface area contributed by atoms with Gasteiger partial charge in [-0.05, 0) is 74.5 Å². The molecule has 4 aliphatic carbocycles. The lowest BCUT2D eigenvalue weighted by Gasteiger charge is -2.64. The molecule has 3 fully saturated rings. The molecule has 130 valence electrons. The highest BCUT2D eigenvalue weighted by atomic mass is 16.3. The first-order chi connectivity index (χ1) is 10.9. The van der Waals surface area contributed by atoms with Gasteiger partial charge in [-0.3, -0.25) is 0 Å². The van der Waals surface area contributed by atoms with E-state index in [9.17, 15) is 10.2 Å². The highest BCUT2D eigenvalue weighted by Gasteiger charge is 2.68. The van der Waals surface area contributed by atoms with E-state index in [1.54, 1.807) is 0 Å². The zero-order chi connectivity index (χ0) is 16.5. The van der Waals surface area contributed by atoms with Gasteiger partial charge in [-0.15, -0.1) is 0 Å². The van der Waals surface area contributed by atoms with Gasteiger partial charge in [0.1, 0.15) is 5.60 Å². The van der Waals surface area contributed by atoms with E-state index in [4.69, 9.17) is 0 Å². The summed E-state index contributed by atoms with van der Waals surface area (Å²) in [5.41, 5.74) is 0.580. The maximum absolute atomic E-state index is 11.9. The van der Waals surface area contributed by atoms with Crippen molar-refractivity contribution < 1.29 is 10.2 Å². The molecule has 0 aromatic carbocycles. The molecule has 2 N–H and O–H groups in total. The van der Waals surface area contributed by atoms with Crippen molar-refractivity contribution in [1.82, 2.24) is 0 Å². The summed E-state index contributed by atoms with van der Waals surface area (Å²) < 4.78 is 0. The Morgan fingerprint density at radius 3 is 2.70 bits per heavy atom. The summed E-state index contributed by atoms with van der Waals surface area (Å²) in [6.07, 6.45) is 11.9. The molecule has 3 saturated carbocycles. The molecule has 0 heterocycles. The molecule has 23 heavy (non-hydrogen) atoms. The second-order valence-electron chi connectivity index (χ2n) is 9.44. The standard InChI is InChI=1S/C21H34O2/c1-4-14-8-10-16-17-11-9-15-7-5-6-12-20(15,3)21(17,23)18(22)13-19(14,16)2/h7,14,16-18,22-23H,4-6,8-13H2,1-3H3/t14-,16-,17-,18-,19+,20-,21-/m0/s1. The Labute approximate surface area is 141 Å². The highest BCUT2D eigenvalue weighted by molar-refractivity contribution is 5.31. The smallest absolute Gasteiger partial charge is 0.103 e. The zero-order valence-electron chi connectivity index (χ0n) is 15.1. The minimum Gasteiger partial charge on any atom is -0.390 e. The normalized spacial score (nSPS) is 55.6. The van der Waals surface area contributed by atoms with Gasteiger partial charge in [0.05, 0.1) is 6.10 Å². The summed E-state index contributed by atoms with van der Waals surface area (Å²) in [5, 5.41) is 23.2. The lowest BCUT2D eigenvalue weighted by atomic mass is 9.43. The first-order valence-electron chi connectivity index (χ1n) is 9.98. The predicted molar refractivity (Wildman–Crippen MR) is 93.0 cm³/mol. The van der Waals surface area contributed by atoms with Crippen LogP contribution in [0.5, 0.6) is 0 Å². The first kappa shape index (κ1) is 16.1. The third-order valence-corrected chi connectivity index (χ3v) is 8.88. The summed E-state index contributed by atoms with van der Waals surface area (Å²) in [6, 6.07) is 0. The van der Waals surface area contributed by atoms with E-state index >= 15 is 0 Å². The van der Waals surface area contributed by atoms with Gasteiger partial charge >= 0.3 is 0 Å². The van der Waals surface area contributed by atoms with Crippen molar-refractivity contribution in [3.63, 3.8) is 0 Å². The van der Waals surface area contributed by atoms with Crippen molar-refractivity contribution in [2.45, 2.75) is 90.3 Å². The fourth-order valence-corrected chi connectivity index (χ4v) is 7.58. The van der Waals surface area contributed by atoms with Crippen LogP contribution in [0, 0.1) is 28.6 Å². The maximum atomic E-state index is 11.9. The van der Waals surface area contributed by atoms with Crippen LogP contribution >= 0.6 is 0 Å². The Morgan fingerprint density at radius 1 is 1.17 bits per heavy atom. The van der Waals surface area contributed by atoms with E-state index in [1.807, 2.05) is 0 Å². The van der Waals surface area contributed by atoms with Crippen LogP contribution in [0.3, 0.4) is 0 Å². The molecule has 0 spiro atoms. The first-order valence-corrected chi connectivity index (χ1v) is 9.98. The van der Waals surface area contributed by atoms with E-state index in [-0.39, 0.29) is 16.7 Å². The van der Waals surface area contributed by atoms with E-state index in [2.05, 4.69) is 26.8 Å². The van der Waals surface area contributed by atoms with Crippen molar-refractivity contribution in [2.75, 3.05) is 0 Å². The van der Waals surface area contributed by atoms with Crippen LogP contribution in [-0.4, -0.2) is 21.9 Å². The number of aliphatic hydroxyl groups is 2. The van der Waals surface area contributed by atoms with Gasteiger partial charge in [0.2, 0.25) is 0 Å². The fourth-order valence-electron chi connectivity index (χ4n) is 7.58. The Bertz CT molecular complexity index is 526. The topological polar surface area (TPSA) is 40.5 Å². The van der Waals surface area contributed by atoms with Crippen LogP contribution in [0.2, 0.25) is 0 Å². The summed E-state index contributed by atoms with van der Waals surface area (Å²) >= 11 is 0. The molecule has 7 atom stereocenters. The van der Waals surface area contributed by atoms with Crippen molar-refractivity contribution >= 4 is 0 Å². The number of aliphatic hydroxyl groups excluding tert-OH is 1. The van der Waals surface area contributed by atoms with Crippen molar-refractivity contribution in [1.29, 1.82) is 0 Å². The SMILES string of the molecule is CC[C@H]1CC[C@H]2[C@@H]3CCC4=CCCC[C@]4(C)[C@@]3(O)[C@@H](O)C[C@]12C. The molecule has 4 rings (SSSR count). The molecule has 0 amide bonds. The van der Waals surface area contributed by atoms with Crippen LogP contribution in [0.25, 0.3) is 0 Å². The van der Waals surface area contributed by atoms with Gasteiger partial charge in [0.25, 0.3) is 0 Å². The van der Waals surface area contributed by atoms with Gasteiger partial charge in [0.15, 0.2) is 0 Å². The number of hydrogen-bond acceptors (Lipinski definition) is 2. The third-order valence-electron chi connectivity index (χ3n) is 8.88. The van der Waals surface area contributed by atoms with Crippen molar-refractivity contribution in [3.05, 3.63) is 11.6 Å². The van der Waals surface area contributed by atoms with Crippen LogP contribution in [0.4, 0.5) is 0 Å². The monoisotopic (exact) mass is 318 g/mol. The average molecular weight is 319 g/mol. The molecule has 0 radical (unpaired) electrons. The molecule has 0 aromatic rings. The summed E-state index contributed by atoms with van der Waals surface area (Å²) in [4.78, 5) is 0. The van der Waals surface area contributed by atoms with E-state index in [1.165, 1.54) is 24.8 Å². The molecular formula is C21H34O2. The molecule has 4 aliphatic rings. The van der Waals surface area contributed by atoms with Crippen LogP contribution in [0.15, 0.2) is 11.6 Å². The maximum Gasteiger partial charge on any atom is 0.103 e. The Morgan fingerprint density at radius 2 is 1.96 bits per heavy atom. The second-order valence-corrected chi connectivity index (χ2v) is 9.44. The van der Waals surface area contributed by atoms with Crippen LogP contribution in [0.1, 0.15) is 78.6 Å². The summed E-state index contributed by atoms with van der Waals surface area (Å²) in [7, 11) is 0. The van der Waals surface area contributed by atoms with Crippen LogP contribution in [-0.2, 0) is 0 Å². The van der Waals surface area contributed by atoms with E-state index in [0.717, 1.165) is 44.4 Å². The molecule has 0 bridgehead atoms. The van der Waals surface area contributed by atoms with Gasteiger partial charge < -0.3 is 10.2 Å². The lowest BCUT2D eigenvalue weighted by molar-refractivity contribution is -0.248. The minimum absolute atomic E-state index is 0.195. The number of hydrogen-bond donors (Lipinski definition) is 2. The Hall–Kier alpha value is -0.340. The lowest BCUT2D eigenvalue weighted by Crippen LogP contribution is -2.69. The van der Waals surface area contributed by atoms with Gasteiger partial charge in [-0.2, -0.15) is 0 Å². The molecule has 2 nitrogen and oxygen atoms in total.